The minimum Gasteiger partial charge on any atom is -0.330 e. The van der Waals surface area contributed by atoms with Gasteiger partial charge in [0.05, 0.1) is 0 Å². The number of aryl methyl sites for hydroxylation is 1. The molecular formula is C16H27N3. The van der Waals surface area contributed by atoms with Crippen LogP contribution >= 0.6 is 0 Å². The average molecular weight is 261 g/mol. The molecule has 1 aromatic rings. The van der Waals surface area contributed by atoms with E-state index in [0.717, 1.165) is 19.5 Å². The van der Waals surface area contributed by atoms with Crippen molar-refractivity contribution in [3.8, 4) is 0 Å². The van der Waals surface area contributed by atoms with Gasteiger partial charge in [0.15, 0.2) is 0 Å². The summed E-state index contributed by atoms with van der Waals surface area (Å²) in [6, 6.07) is 9.48. The quantitative estimate of drug-likeness (QED) is 0.880. The van der Waals surface area contributed by atoms with E-state index in [1.807, 2.05) is 0 Å². The summed E-state index contributed by atoms with van der Waals surface area (Å²) in [5.41, 5.74) is 8.34. The van der Waals surface area contributed by atoms with Gasteiger partial charge in [-0.3, -0.25) is 4.90 Å². The molecule has 106 valence electrons. The first-order chi connectivity index (χ1) is 9.20. The van der Waals surface area contributed by atoms with Gasteiger partial charge < -0.3 is 10.6 Å². The summed E-state index contributed by atoms with van der Waals surface area (Å²) in [6.07, 6.45) is 1.12. The number of rotatable bonds is 5. The fourth-order valence-electron chi connectivity index (χ4n) is 2.74. The van der Waals surface area contributed by atoms with Crippen LogP contribution in [0.15, 0.2) is 24.3 Å². The SMILES string of the molecule is Cc1ccc(C(C)N2CCN(CCCN)CC2)cc1. The van der Waals surface area contributed by atoms with Gasteiger partial charge in [0.2, 0.25) is 0 Å². The lowest BCUT2D eigenvalue weighted by atomic mass is 10.0. The van der Waals surface area contributed by atoms with Crippen LogP contribution in [0.1, 0.15) is 30.5 Å². The molecule has 3 nitrogen and oxygen atoms in total. The van der Waals surface area contributed by atoms with Crippen LogP contribution in [0.3, 0.4) is 0 Å². The third-order valence-corrected chi connectivity index (χ3v) is 4.19. The van der Waals surface area contributed by atoms with E-state index in [9.17, 15) is 0 Å². The predicted molar refractivity (Wildman–Crippen MR) is 81.3 cm³/mol. The van der Waals surface area contributed by atoms with Gasteiger partial charge >= 0.3 is 0 Å². The molecule has 3 heteroatoms. The van der Waals surface area contributed by atoms with Crippen molar-refractivity contribution in [1.82, 2.24) is 9.80 Å². The second-order valence-corrected chi connectivity index (χ2v) is 5.61. The normalized spacial score (nSPS) is 19.5. The smallest absolute Gasteiger partial charge is 0.0320 e. The Labute approximate surface area is 117 Å². The minimum atomic E-state index is 0.525. The maximum Gasteiger partial charge on any atom is 0.0320 e. The lowest BCUT2D eigenvalue weighted by Gasteiger charge is -2.38. The maximum atomic E-state index is 5.57. The van der Waals surface area contributed by atoms with E-state index in [1.165, 1.54) is 37.3 Å². The van der Waals surface area contributed by atoms with Crippen molar-refractivity contribution in [1.29, 1.82) is 0 Å². The molecule has 1 aliphatic rings. The van der Waals surface area contributed by atoms with Crippen molar-refractivity contribution in [2.24, 2.45) is 5.73 Å². The molecule has 0 bridgehead atoms. The van der Waals surface area contributed by atoms with E-state index < -0.39 is 0 Å². The number of hydrogen-bond acceptors (Lipinski definition) is 3. The van der Waals surface area contributed by atoms with Crippen LogP contribution in [-0.2, 0) is 0 Å². The number of nitrogens with zero attached hydrogens (tertiary/aromatic N) is 2. The van der Waals surface area contributed by atoms with E-state index >= 15 is 0 Å². The molecule has 0 radical (unpaired) electrons. The van der Waals surface area contributed by atoms with Crippen molar-refractivity contribution in [3.05, 3.63) is 35.4 Å². The molecule has 1 aromatic carbocycles. The van der Waals surface area contributed by atoms with Gasteiger partial charge in [-0.25, -0.2) is 0 Å². The van der Waals surface area contributed by atoms with Crippen molar-refractivity contribution in [2.45, 2.75) is 26.3 Å². The molecule has 1 fully saturated rings. The second kappa shape index (κ2) is 7.04. The zero-order chi connectivity index (χ0) is 13.7. The van der Waals surface area contributed by atoms with Crippen molar-refractivity contribution >= 4 is 0 Å². The van der Waals surface area contributed by atoms with Crippen molar-refractivity contribution in [3.63, 3.8) is 0 Å². The highest BCUT2D eigenvalue weighted by Crippen LogP contribution is 2.21. The Morgan fingerprint density at radius 3 is 2.32 bits per heavy atom. The van der Waals surface area contributed by atoms with E-state index in [-0.39, 0.29) is 0 Å². The second-order valence-electron chi connectivity index (χ2n) is 5.61. The first kappa shape index (κ1) is 14.5. The number of nitrogens with two attached hydrogens (primary N) is 1. The van der Waals surface area contributed by atoms with Gasteiger partial charge in [0.25, 0.3) is 0 Å². The maximum absolute atomic E-state index is 5.57. The molecule has 2 rings (SSSR count). The third kappa shape index (κ3) is 4.03. The Hall–Kier alpha value is -0.900. The Bertz CT molecular complexity index is 366. The molecule has 0 spiro atoms. The van der Waals surface area contributed by atoms with Crippen LogP contribution in [0.4, 0.5) is 0 Å². The Balaban J connectivity index is 1.85. The fourth-order valence-corrected chi connectivity index (χ4v) is 2.74. The molecule has 19 heavy (non-hydrogen) atoms. The standard InChI is InChI=1S/C16H27N3/c1-14-4-6-16(7-5-14)15(2)19-12-10-18(11-13-19)9-3-8-17/h4-7,15H,3,8-13,17H2,1-2H3. The highest BCUT2D eigenvalue weighted by molar-refractivity contribution is 5.23. The summed E-state index contributed by atoms with van der Waals surface area (Å²) in [5.74, 6) is 0. The number of hydrogen-bond donors (Lipinski definition) is 1. The molecule has 1 aliphatic heterocycles. The lowest BCUT2D eigenvalue weighted by molar-refractivity contribution is 0.102. The molecule has 0 aromatic heterocycles. The van der Waals surface area contributed by atoms with E-state index in [0.29, 0.717) is 6.04 Å². The Morgan fingerprint density at radius 2 is 1.74 bits per heavy atom. The molecule has 0 amide bonds. The van der Waals surface area contributed by atoms with Crippen molar-refractivity contribution in [2.75, 3.05) is 39.3 Å². The van der Waals surface area contributed by atoms with Gasteiger partial charge in [-0.15, -0.1) is 0 Å². The van der Waals surface area contributed by atoms with Crippen molar-refractivity contribution < 1.29 is 0 Å². The summed E-state index contributed by atoms with van der Waals surface area (Å²) in [7, 11) is 0. The van der Waals surface area contributed by atoms with Crippen LogP contribution in [-0.4, -0.2) is 49.1 Å². The Morgan fingerprint density at radius 1 is 1.11 bits per heavy atom. The molecule has 0 saturated carbocycles. The van der Waals surface area contributed by atoms with E-state index in [2.05, 4.69) is 47.9 Å². The molecule has 1 saturated heterocycles. The topological polar surface area (TPSA) is 32.5 Å². The molecule has 0 aliphatic carbocycles. The monoisotopic (exact) mass is 261 g/mol. The summed E-state index contributed by atoms with van der Waals surface area (Å²) >= 11 is 0. The average Bonchev–Trinajstić information content (AvgIpc) is 2.46. The first-order valence-corrected chi connectivity index (χ1v) is 7.43. The van der Waals surface area contributed by atoms with Gasteiger partial charge in [0, 0.05) is 32.2 Å². The van der Waals surface area contributed by atoms with Gasteiger partial charge in [-0.2, -0.15) is 0 Å². The van der Waals surface area contributed by atoms with Crippen LogP contribution in [0.2, 0.25) is 0 Å². The van der Waals surface area contributed by atoms with Gasteiger partial charge in [-0.1, -0.05) is 29.8 Å². The number of piperazine rings is 1. The van der Waals surface area contributed by atoms with Gasteiger partial charge in [-0.05, 0) is 38.9 Å². The van der Waals surface area contributed by atoms with E-state index in [4.69, 9.17) is 5.73 Å². The highest BCUT2D eigenvalue weighted by Gasteiger charge is 2.21. The molecule has 1 atom stereocenters. The summed E-state index contributed by atoms with van der Waals surface area (Å²) in [5, 5.41) is 0. The van der Waals surface area contributed by atoms with Crippen LogP contribution in [0.25, 0.3) is 0 Å². The van der Waals surface area contributed by atoms with E-state index in [1.54, 1.807) is 0 Å². The minimum absolute atomic E-state index is 0.525. The molecule has 2 N–H and O–H groups in total. The van der Waals surface area contributed by atoms with Gasteiger partial charge in [0.1, 0.15) is 0 Å². The molecule has 1 heterocycles. The summed E-state index contributed by atoms with van der Waals surface area (Å²) in [4.78, 5) is 5.12. The molecular weight excluding hydrogens is 234 g/mol. The largest absolute Gasteiger partial charge is 0.330 e. The first-order valence-electron chi connectivity index (χ1n) is 7.43. The molecule has 1 unspecified atom stereocenters. The summed E-state index contributed by atoms with van der Waals surface area (Å²) < 4.78 is 0. The Kier molecular flexibility index (Phi) is 5.37. The zero-order valence-electron chi connectivity index (χ0n) is 12.3. The number of benzene rings is 1. The predicted octanol–water partition coefficient (Wildman–Crippen LogP) is 2.02. The zero-order valence-corrected chi connectivity index (χ0v) is 12.3. The summed E-state index contributed by atoms with van der Waals surface area (Å²) in [6.45, 7) is 11.1. The van der Waals surface area contributed by atoms with Crippen LogP contribution in [0.5, 0.6) is 0 Å². The lowest BCUT2D eigenvalue weighted by Crippen LogP contribution is -2.47. The van der Waals surface area contributed by atoms with Crippen LogP contribution in [0, 0.1) is 6.92 Å². The highest BCUT2D eigenvalue weighted by atomic mass is 15.3. The van der Waals surface area contributed by atoms with Crippen LogP contribution < -0.4 is 5.73 Å². The third-order valence-electron chi connectivity index (χ3n) is 4.19. The fraction of sp³-hybridized carbons (Fsp3) is 0.625.